The van der Waals surface area contributed by atoms with Gasteiger partial charge in [0.05, 0.1) is 0 Å². The normalized spacial score (nSPS) is 14.4. The maximum absolute atomic E-state index is 5.90. The smallest absolute Gasteiger partial charge is 0.109 e. The number of nitrogen functional groups attached to an aromatic ring is 1. The fourth-order valence-corrected chi connectivity index (χ4v) is 1.72. The van der Waals surface area contributed by atoms with Crippen molar-refractivity contribution in [2.45, 2.75) is 12.1 Å². The van der Waals surface area contributed by atoms with Crippen LogP contribution in [0.5, 0.6) is 0 Å². The molecule has 16 N–H and O–H groups in total. The minimum absolute atomic E-state index is 0. The lowest BCUT2D eigenvalue weighted by molar-refractivity contribution is 0.523. The van der Waals surface area contributed by atoms with Crippen molar-refractivity contribution >= 4 is 23.7 Å². The summed E-state index contributed by atoms with van der Waals surface area (Å²) in [6, 6.07) is 7.61. The molecule has 2 rings (SSSR count). The highest BCUT2D eigenvalue weighted by molar-refractivity contribution is 5.85. The first-order valence-corrected chi connectivity index (χ1v) is 5.09. The molecule has 124 valence electrons. The fourth-order valence-electron chi connectivity index (χ4n) is 1.72. The number of nitrogens with two attached hydrogens (primary N) is 4. The van der Waals surface area contributed by atoms with Crippen LogP contribution in [-0.2, 0) is 0 Å². The SMILES string of the molecule is Cl.NC1=CC=C(c2ccc(N)cc2)CC1(N)N.O.O.O.O. The molecule has 9 heteroatoms. The molecule has 0 saturated carbocycles. The number of anilines is 1. The number of hydrogen-bond acceptors (Lipinski definition) is 4. The van der Waals surface area contributed by atoms with Crippen molar-refractivity contribution in [3.63, 3.8) is 0 Å². The van der Waals surface area contributed by atoms with E-state index in [1.54, 1.807) is 6.08 Å². The summed E-state index contributed by atoms with van der Waals surface area (Å²) in [7, 11) is 0. The van der Waals surface area contributed by atoms with Gasteiger partial charge in [0.1, 0.15) is 5.66 Å². The molecule has 0 aliphatic heterocycles. The standard InChI is InChI=1S/C12H16N4.ClH.4H2O/c13-10-4-1-8(2-5-10)9-3-6-11(14)12(15,16)7-9;;;;;/h1-6H,7,13-16H2;1H;4*1H2. The highest BCUT2D eigenvalue weighted by atomic mass is 35.5. The molecule has 0 bridgehead atoms. The monoisotopic (exact) mass is 324 g/mol. The van der Waals surface area contributed by atoms with Crippen LogP contribution in [0, 0.1) is 0 Å². The van der Waals surface area contributed by atoms with Crippen LogP contribution in [0.15, 0.2) is 42.1 Å². The summed E-state index contributed by atoms with van der Waals surface area (Å²) >= 11 is 0. The third-order valence-electron chi connectivity index (χ3n) is 2.77. The van der Waals surface area contributed by atoms with E-state index >= 15 is 0 Å². The third-order valence-corrected chi connectivity index (χ3v) is 2.77. The summed E-state index contributed by atoms with van der Waals surface area (Å²) in [5.41, 5.74) is 25.6. The topological polar surface area (TPSA) is 230 Å². The zero-order valence-electron chi connectivity index (χ0n) is 11.4. The van der Waals surface area contributed by atoms with E-state index in [4.69, 9.17) is 22.9 Å². The highest BCUT2D eigenvalue weighted by Gasteiger charge is 2.26. The Kier molecular flexibility index (Phi) is 13.3. The van der Waals surface area contributed by atoms with Gasteiger partial charge in [-0.15, -0.1) is 12.4 Å². The summed E-state index contributed by atoms with van der Waals surface area (Å²) in [6.07, 6.45) is 4.23. The second-order valence-electron chi connectivity index (χ2n) is 4.15. The second-order valence-corrected chi connectivity index (χ2v) is 4.15. The lowest BCUT2D eigenvalue weighted by atomic mass is 9.89. The fraction of sp³-hybridized carbons (Fsp3) is 0.167. The van der Waals surface area contributed by atoms with E-state index in [9.17, 15) is 0 Å². The molecule has 0 saturated heterocycles. The molecule has 0 atom stereocenters. The Bertz CT molecular complexity index is 475. The average molecular weight is 325 g/mol. The van der Waals surface area contributed by atoms with E-state index < -0.39 is 5.66 Å². The molecule has 1 aromatic carbocycles. The first kappa shape index (κ1) is 27.7. The summed E-state index contributed by atoms with van der Waals surface area (Å²) in [5.74, 6) is 0. The predicted octanol–water partition coefficient (Wildman–Crippen LogP) is -2.36. The molecule has 1 aliphatic rings. The molecule has 0 heterocycles. The summed E-state index contributed by atoms with van der Waals surface area (Å²) in [5, 5.41) is 0. The van der Waals surface area contributed by atoms with Gasteiger partial charge in [-0.25, -0.2) is 0 Å². The average Bonchev–Trinajstić information content (AvgIpc) is 2.23. The maximum atomic E-state index is 5.90. The molecule has 0 fully saturated rings. The van der Waals surface area contributed by atoms with Crippen LogP contribution in [0.3, 0.4) is 0 Å². The van der Waals surface area contributed by atoms with Gasteiger partial charge in [-0.1, -0.05) is 18.2 Å². The van der Waals surface area contributed by atoms with E-state index in [0.717, 1.165) is 16.8 Å². The molecule has 0 aromatic heterocycles. The Hall–Kier alpha value is -1.65. The van der Waals surface area contributed by atoms with Gasteiger partial charge in [0.2, 0.25) is 0 Å². The minimum Gasteiger partial charge on any atom is -0.412 e. The van der Waals surface area contributed by atoms with Crippen molar-refractivity contribution in [2.24, 2.45) is 17.2 Å². The molecular weight excluding hydrogens is 300 g/mol. The van der Waals surface area contributed by atoms with E-state index in [2.05, 4.69) is 0 Å². The van der Waals surface area contributed by atoms with Gasteiger partial charge in [-0.3, -0.25) is 0 Å². The number of hydrogen-bond donors (Lipinski definition) is 4. The van der Waals surface area contributed by atoms with Gasteiger partial charge in [-0.2, -0.15) is 0 Å². The van der Waals surface area contributed by atoms with Crippen molar-refractivity contribution in [2.75, 3.05) is 5.73 Å². The van der Waals surface area contributed by atoms with Gasteiger partial charge in [-0.05, 0) is 29.3 Å². The zero-order chi connectivity index (χ0) is 11.8. The molecule has 0 radical (unpaired) electrons. The van der Waals surface area contributed by atoms with Gasteiger partial charge < -0.3 is 44.8 Å². The molecule has 0 spiro atoms. The number of halogens is 1. The third kappa shape index (κ3) is 6.10. The maximum Gasteiger partial charge on any atom is 0.109 e. The van der Waals surface area contributed by atoms with Crippen LogP contribution >= 0.6 is 12.4 Å². The van der Waals surface area contributed by atoms with Crippen LogP contribution < -0.4 is 22.9 Å². The van der Waals surface area contributed by atoms with Crippen LogP contribution in [0.2, 0.25) is 0 Å². The van der Waals surface area contributed by atoms with Crippen LogP contribution in [0.25, 0.3) is 5.57 Å². The number of allylic oxidation sites excluding steroid dienone is 2. The van der Waals surface area contributed by atoms with Gasteiger partial charge in [0.15, 0.2) is 0 Å². The van der Waals surface area contributed by atoms with Crippen LogP contribution in [0.4, 0.5) is 5.69 Å². The van der Waals surface area contributed by atoms with Crippen molar-refractivity contribution in [3.8, 4) is 0 Å². The number of rotatable bonds is 1. The van der Waals surface area contributed by atoms with E-state index in [-0.39, 0.29) is 34.3 Å². The van der Waals surface area contributed by atoms with Gasteiger partial charge in [0.25, 0.3) is 0 Å². The summed E-state index contributed by atoms with van der Waals surface area (Å²) < 4.78 is 0. The Morgan fingerprint density at radius 3 is 1.71 bits per heavy atom. The van der Waals surface area contributed by atoms with E-state index in [1.807, 2.05) is 30.3 Å². The van der Waals surface area contributed by atoms with E-state index in [0.29, 0.717) is 12.1 Å². The second kappa shape index (κ2) is 10.1. The molecule has 8 nitrogen and oxygen atoms in total. The Morgan fingerprint density at radius 2 is 1.29 bits per heavy atom. The first-order valence-electron chi connectivity index (χ1n) is 5.09. The zero-order valence-corrected chi connectivity index (χ0v) is 12.2. The van der Waals surface area contributed by atoms with Crippen LogP contribution in [0.1, 0.15) is 12.0 Å². The lowest BCUT2D eigenvalue weighted by Crippen LogP contribution is -2.54. The molecule has 1 aromatic rings. The van der Waals surface area contributed by atoms with Crippen molar-refractivity contribution in [1.82, 2.24) is 0 Å². The predicted molar refractivity (Wildman–Crippen MR) is 88.5 cm³/mol. The molecule has 0 amide bonds. The van der Waals surface area contributed by atoms with Gasteiger partial charge in [0, 0.05) is 17.8 Å². The summed E-state index contributed by atoms with van der Waals surface area (Å²) in [6.45, 7) is 0. The Morgan fingerprint density at radius 1 is 0.810 bits per heavy atom. The minimum atomic E-state index is -0.953. The molecular formula is C12H25ClN4O4. The largest absolute Gasteiger partial charge is 0.412 e. The molecule has 1 aliphatic carbocycles. The first-order chi connectivity index (χ1) is 7.49. The Balaban J connectivity index is -0.000000289. The quantitative estimate of drug-likeness (QED) is 0.327. The van der Waals surface area contributed by atoms with Gasteiger partial charge >= 0.3 is 0 Å². The van der Waals surface area contributed by atoms with Crippen LogP contribution in [-0.4, -0.2) is 27.6 Å². The molecule has 21 heavy (non-hydrogen) atoms. The highest BCUT2D eigenvalue weighted by Crippen LogP contribution is 2.28. The lowest BCUT2D eigenvalue weighted by Gasteiger charge is -2.29. The number of benzene rings is 1. The summed E-state index contributed by atoms with van der Waals surface area (Å²) in [4.78, 5) is 0. The van der Waals surface area contributed by atoms with Crippen molar-refractivity contribution in [1.29, 1.82) is 0 Å². The van der Waals surface area contributed by atoms with Crippen molar-refractivity contribution < 1.29 is 21.9 Å². The Labute approximate surface area is 129 Å². The molecule has 0 unspecified atom stereocenters. The van der Waals surface area contributed by atoms with E-state index in [1.165, 1.54) is 0 Å². The van der Waals surface area contributed by atoms with Crippen molar-refractivity contribution in [3.05, 3.63) is 47.7 Å².